The van der Waals surface area contributed by atoms with Gasteiger partial charge < -0.3 is 10.2 Å². The average Bonchev–Trinajstić information content (AvgIpc) is 3.00. The maximum Gasteiger partial charge on any atom is 0.406 e. The number of piperidine rings is 1. The molecule has 0 aromatic carbocycles. The van der Waals surface area contributed by atoms with E-state index in [9.17, 15) is 18.0 Å². The van der Waals surface area contributed by atoms with Gasteiger partial charge in [0.05, 0.1) is 12.2 Å². The first-order valence-corrected chi connectivity index (χ1v) is 7.89. The molecule has 1 aromatic heterocycles. The Morgan fingerprint density at radius 2 is 2.13 bits per heavy atom. The second-order valence-corrected chi connectivity index (χ2v) is 5.76. The summed E-state index contributed by atoms with van der Waals surface area (Å²) in [5.74, 6) is -0.712. The molecule has 1 fully saturated rings. The monoisotopic (exact) mass is 333 g/mol. The van der Waals surface area contributed by atoms with Gasteiger partial charge in [0.2, 0.25) is 0 Å². The first-order valence-electron chi connectivity index (χ1n) is 7.89. The van der Waals surface area contributed by atoms with E-state index in [1.807, 2.05) is 6.92 Å². The fourth-order valence-corrected chi connectivity index (χ4v) is 2.60. The van der Waals surface area contributed by atoms with Crippen LogP contribution in [0.2, 0.25) is 0 Å². The highest BCUT2D eigenvalue weighted by atomic mass is 19.4. The highest BCUT2D eigenvalue weighted by molar-refractivity contribution is 5.91. The van der Waals surface area contributed by atoms with E-state index in [1.54, 1.807) is 4.68 Å². The zero-order valence-corrected chi connectivity index (χ0v) is 13.1. The van der Waals surface area contributed by atoms with E-state index >= 15 is 0 Å². The molecule has 0 saturated carbocycles. The summed E-state index contributed by atoms with van der Waals surface area (Å²) in [6, 6.07) is 0.136. The number of hydrogen-bond acceptors (Lipinski definition) is 4. The van der Waals surface area contributed by atoms with Crippen LogP contribution in [0.25, 0.3) is 0 Å². The van der Waals surface area contributed by atoms with Crippen molar-refractivity contribution in [3.05, 3.63) is 11.9 Å². The van der Waals surface area contributed by atoms with Crippen LogP contribution in [-0.2, 0) is 0 Å². The Kier molecular flexibility index (Phi) is 5.97. The third-order valence-electron chi connectivity index (χ3n) is 3.85. The SMILES string of the molecule is CCCCN(CC(F)(F)F)C(=O)c1cn(C2CCNCC2)nn1. The van der Waals surface area contributed by atoms with Crippen LogP contribution in [0.4, 0.5) is 13.2 Å². The van der Waals surface area contributed by atoms with Crippen molar-refractivity contribution in [2.45, 2.75) is 44.8 Å². The van der Waals surface area contributed by atoms with Crippen LogP contribution in [0.15, 0.2) is 6.20 Å². The molecule has 1 aliphatic rings. The van der Waals surface area contributed by atoms with Crippen LogP contribution < -0.4 is 5.32 Å². The molecule has 0 aliphatic carbocycles. The van der Waals surface area contributed by atoms with Crippen LogP contribution in [0.3, 0.4) is 0 Å². The maximum absolute atomic E-state index is 12.7. The lowest BCUT2D eigenvalue weighted by Gasteiger charge is -2.23. The summed E-state index contributed by atoms with van der Waals surface area (Å²) >= 11 is 0. The minimum atomic E-state index is -4.42. The summed E-state index contributed by atoms with van der Waals surface area (Å²) in [5.41, 5.74) is -0.0242. The minimum Gasteiger partial charge on any atom is -0.328 e. The van der Waals surface area contributed by atoms with Crippen molar-refractivity contribution < 1.29 is 18.0 Å². The van der Waals surface area contributed by atoms with Gasteiger partial charge in [-0.3, -0.25) is 4.79 Å². The molecule has 0 unspecified atom stereocenters. The Bertz CT molecular complexity index is 511. The third-order valence-corrected chi connectivity index (χ3v) is 3.85. The number of halogens is 3. The molecule has 23 heavy (non-hydrogen) atoms. The van der Waals surface area contributed by atoms with E-state index in [-0.39, 0.29) is 18.3 Å². The van der Waals surface area contributed by atoms with Crippen molar-refractivity contribution in [1.29, 1.82) is 0 Å². The Morgan fingerprint density at radius 3 is 2.74 bits per heavy atom. The zero-order valence-electron chi connectivity index (χ0n) is 13.1. The lowest BCUT2D eigenvalue weighted by Crippen LogP contribution is -2.39. The first-order chi connectivity index (χ1) is 10.9. The average molecular weight is 333 g/mol. The van der Waals surface area contributed by atoms with E-state index in [2.05, 4.69) is 15.6 Å². The third kappa shape index (κ3) is 5.19. The minimum absolute atomic E-state index is 0.0242. The molecule has 2 heterocycles. The molecular formula is C14H22F3N5O. The van der Waals surface area contributed by atoms with Crippen LogP contribution in [0.1, 0.15) is 49.1 Å². The summed E-state index contributed by atoms with van der Waals surface area (Å²) in [7, 11) is 0. The summed E-state index contributed by atoms with van der Waals surface area (Å²) in [6.45, 7) is 2.37. The molecule has 1 amide bonds. The Labute approximate surface area is 133 Å². The van der Waals surface area contributed by atoms with Gasteiger partial charge in [-0.25, -0.2) is 4.68 Å². The number of alkyl halides is 3. The van der Waals surface area contributed by atoms with Crippen molar-refractivity contribution >= 4 is 5.91 Å². The fraction of sp³-hybridized carbons (Fsp3) is 0.786. The van der Waals surface area contributed by atoms with Crippen molar-refractivity contribution in [2.24, 2.45) is 0 Å². The first kappa shape index (κ1) is 17.7. The van der Waals surface area contributed by atoms with E-state index in [0.717, 1.165) is 30.8 Å². The molecule has 0 radical (unpaired) electrons. The number of nitrogens with zero attached hydrogens (tertiary/aromatic N) is 4. The van der Waals surface area contributed by atoms with E-state index < -0.39 is 18.6 Å². The molecule has 9 heteroatoms. The standard InChI is InChI=1S/C14H22F3N5O/c1-2-3-8-21(10-14(15,16)17)13(23)12-9-22(20-19-12)11-4-6-18-7-5-11/h9,11,18H,2-8,10H2,1H3. The van der Waals surface area contributed by atoms with Crippen molar-refractivity contribution in [2.75, 3.05) is 26.2 Å². The van der Waals surface area contributed by atoms with Gasteiger partial charge in [-0.2, -0.15) is 13.2 Å². The smallest absolute Gasteiger partial charge is 0.328 e. The molecule has 130 valence electrons. The van der Waals surface area contributed by atoms with Crippen molar-refractivity contribution in [3.8, 4) is 0 Å². The molecule has 1 N–H and O–H groups in total. The molecule has 0 spiro atoms. The largest absolute Gasteiger partial charge is 0.406 e. The molecular weight excluding hydrogens is 311 g/mol. The number of carbonyl (C=O) groups is 1. The predicted molar refractivity (Wildman–Crippen MR) is 78.0 cm³/mol. The zero-order chi connectivity index (χ0) is 16.9. The van der Waals surface area contributed by atoms with Crippen LogP contribution in [-0.4, -0.2) is 58.2 Å². The topological polar surface area (TPSA) is 63.1 Å². The second kappa shape index (κ2) is 7.76. The lowest BCUT2D eigenvalue weighted by atomic mass is 10.1. The molecule has 1 aromatic rings. The van der Waals surface area contributed by atoms with E-state index in [0.29, 0.717) is 12.8 Å². The fourth-order valence-electron chi connectivity index (χ4n) is 2.60. The molecule has 0 atom stereocenters. The van der Waals surface area contributed by atoms with E-state index in [1.165, 1.54) is 6.20 Å². The summed E-state index contributed by atoms with van der Waals surface area (Å²) in [6.07, 6.45) is -0.00604. The Balaban J connectivity index is 2.07. The molecule has 6 nitrogen and oxygen atoms in total. The maximum atomic E-state index is 12.7. The molecule has 1 saturated heterocycles. The van der Waals surface area contributed by atoms with Crippen LogP contribution in [0, 0.1) is 0 Å². The van der Waals surface area contributed by atoms with Crippen LogP contribution >= 0.6 is 0 Å². The van der Waals surface area contributed by atoms with E-state index in [4.69, 9.17) is 0 Å². The number of hydrogen-bond donors (Lipinski definition) is 1. The predicted octanol–water partition coefficient (Wildman–Crippen LogP) is 2.01. The van der Waals surface area contributed by atoms with Gasteiger partial charge in [-0.05, 0) is 32.4 Å². The van der Waals surface area contributed by atoms with Gasteiger partial charge in [0.15, 0.2) is 5.69 Å². The number of nitrogens with one attached hydrogen (secondary N) is 1. The normalized spacial score (nSPS) is 16.5. The number of carbonyl (C=O) groups excluding carboxylic acids is 1. The molecule has 1 aliphatic heterocycles. The Morgan fingerprint density at radius 1 is 1.43 bits per heavy atom. The van der Waals surface area contributed by atoms with Crippen molar-refractivity contribution in [3.63, 3.8) is 0 Å². The summed E-state index contributed by atoms with van der Waals surface area (Å²) < 4.78 is 39.6. The van der Waals surface area contributed by atoms with Gasteiger partial charge >= 0.3 is 6.18 Å². The highest BCUT2D eigenvalue weighted by Gasteiger charge is 2.34. The summed E-state index contributed by atoms with van der Waals surface area (Å²) in [4.78, 5) is 13.1. The number of aromatic nitrogens is 3. The van der Waals surface area contributed by atoms with Crippen LogP contribution in [0.5, 0.6) is 0 Å². The van der Waals surface area contributed by atoms with Gasteiger partial charge in [0.25, 0.3) is 5.91 Å². The molecule has 2 rings (SSSR count). The Hall–Kier alpha value is -1.64. The quantitative estimate of drug-likeness (QED) is 0.865. The van der Waals surface area contributed by atoms with Gasteiger partial charge in [0.1, 0.15) is 6.54 Å². The number of rotatable bonds is 6. The van der Waals surface area contributed by atoms with Gasteiger partial charge in [0, 0.05) is 6.54 Å². The van der Waals surface area contributed by atoms with Crippen molar-refractivity contribution in [1.82, 2.24) is 25.2 Å². The second-order valence-electron chi connectivity index (χ2n) is 5.76. The summed E-state index contributed by atoms with van der Waals surface area (Å²) in [5, 5.41) is 10.9. The van der Waals surface area contributed by atoms with Gasteiger partial charge in [-0.15, -0.1) is 5.10 Å². The number of unbranched alkanes of at least 4 members (excludes halogenated alkanes) is 1. The number of amides is 1. The highest BCUT2D eigenvalue weighted by Crippen LogP contribution is 2.20. The lowest BCUT2D eigenvalue weighted by molar-refractivity contribution is -0.140. The molecule has 0 bridgehead atoms. The van der Waals surface area contributed by atoms with Gasteiger partial charge in [-0.1, -0.05) is 18.6 Å².